The summed E-state index contributed by atoms with van der Waals surface area (Å²) in [6, 6.07) is 15.5. The summed E-state index contributed by atoms with van der Waals surface area (Å²) >= 11 is 0. The van der Waals surface area contributed by atoms with E-state index in [1.807, 2.05) is 69.3 Å². The molecule has 0 aliphatic carbocycles. The van der Waals surface area contributed by atoms with Gasteiger partial charge in [-0.15, -0.1) is 0 Å². The highest BCUT2D eigenvalue weighted by Gasteiger charge is 2.13. The molecule has 2 aromatic carbocycles. The van der Waals surface area contributed by atoms with Crippen LogP contribution in [-0.2, 0) is 16.4 Å². The first-order valence-electron chi connectivity index (χ1n) is 9.25. The maximum atomic E-state index is 11.8. The van der Waals surface area contributed by atoms with Gasteiger partial charge in [0, 0.05) is 17.2 Å². The van der Waals surface area contributed by atoms with E-state index in [4.69, 9.17) is 4.74 Å². The second-order valence-electron chi connectivity index (χ2n) is 6.45. The van der Waals surface area contributed by atoms with Crippen LogP contribution in [0.2, 0.25) is 0 Å². The molecule has 0 radical (unpaired) electrons. The van der Waals surface area contributed by atoms with E-state index in [2.05, 4.69) is 16.6 Å². The standard InChI is InChI=1S/C22H27NO3S/c1-4-16-27(24,25)23-18(3)17-21-10-8-19(9-11-21)6-7-20-12-14-22(15-13-20)26-5-2/h8-15,18,23H,4-5,16-17H2,1-3H3. The topological polar surface area (TPSA) is 55.4 Å². The number of nitrogens with one attached hydrogen (secondary N) is 1. The average molecular weight is 386 g/mol. The predicted molar refractivity (Wildman–Crippen MR) is 110 cm³/mol. The summed E-state index contributed by atoms with van der Waals surface area (Å²) in [5, 5.41) is 0. The van der Waals surface area contributed by atoms with Gasteiger partial charge in [0.1, 0.15) is 5.75 Å². The minimum atomic E-state index is -3.19. The van der Waals surface area contributed by atoms with Gasteiger partial charge in [-0.05, 0) is 68.7 Å². The van der Waals surface area contributed by atoms with Gasteiger partial charge >= 0.3 is 0 Å². The minimum Gasteiger partial charge on any atom is -0.494 e. The predicted octanol–water partition coefficient (Wildman–Crippen LogP) is 3.75. The fourth-order valence-electron chi connectivity index (χ4n) is 2.70. The van der Waals surface area contributed by atoms with Crippen molar-refractivity contribution in [3.8, 4) is 17.6 Å². The van der Waals surface area contributed by atoms with Gasteiger partial charge in [-0.25, -0.2) is 13.1 Å². The molecule has 1 N–H and O–H groups in total. The molecule has 0 saturated heterocycles. The Hall–Kier alpha value is -2.29. The molecule has 2 rings (SSSR count). The maximum Gasteiger partial charge on any atom is 0.211 e. The second kappa shape index (κ2) is 10.1. The van der Waals surface area contributed by atoms with E-state index in [9.17, 15) is 8.42 Å². The van der Waals surface area contributed by atoms with E-state index in [1.165, 1.54) is 0 Å². The van der Waals surface area contributed by atoms with E-state index in [0.717, 1.165) is 22.4 Å². The van der Waals surface area contributed by atoms with Gasteiger partial charge in [-0.1, -0.05) is 30.9 Å². The molecule has 0 saturated carbocycles. The number of benzene rings is 2. The minimum absolute atomic E-state index is 0.137. The molecule has 5 heteroatoms. The Bertz CT molecular complexity index is 876. The lowest BCUT2D eigenvalue weighted by molar-refractivity contribution is 0.340. The Morgan fingerprint density at radius 1 is 0.963 bits per heavy atom. The highest BCUT2D eigenvalue weighted by atomic mass is 32.2. The lowest BCUT2D eigenvalue weighted by Gasteiger charge is -2.14. The van der Waals surface area contributed by atoms with Gasteiger partial charge in [-0.3, -0.25) is 0 Å². The van der Waals surface area contributed by atoms with Gasteiger partial charge in [0.05, 0.1) is 12.4 Å². The molecule has 2 aromatic rings. The zero-order valence-electron chi connectivity index (χ0n) is 16.2. The van der Waals surface area contributed by atoms with Crippen LogP contribution in [0.4, 0.5) is 0 Å². The molecule has 0 fully saturated rings. The molecule has 0 aromatic heterocycles. The lowest BCUT2D eigenvalue weighted by atomic mass is 10.1. The van der Waals surface area contributed by atoms with E-state index in [0.29, 0.717) is 19.4 Å². The molecule has 0 spiro atoms. The van der Waals surface area contributed by atoms with Crippen molar-refractivity contribution in [2.24, 2.45) is 0 Å². The smallest absolute Gasteiger partial charge is 0.211 e. The summed E-state index contributed by atoms with van der Waals surface area (Å²) in [4.78, 5) is 0. The Morgan fingerprint density at radius 2 is 1.52 bits per heavy atom. The molecule has 0 heterocycles. The van der Waals surface area contributed by atoms with Crippen molar-refractivity contribution in [1.82, 2.24) is 4.72 Å². The lowest BCUT2D eigenvalue weighted by Crippen LogP contribution is -2.35. The molecule has 0 bridgehead atoms. The van der Waals surface area contributed by atoms with Crippen molar-refractivity contribution in [2.45, 2.75) is 39.7 Å². The summed E-state index contributed by atoms with van der Waals surface area (Å²) in [7, 11) is -3.19. The van der Waals surface area contributed by atoms with Crippen LogP contribution in [0, 0.1) is 11.8 Å². The van der Waals surface area contributed by atoms with Crippen molar-refractivity contribution in [1.29, 1.82) is 0 Å². The van der Waals surface area contributed by atoms with Crippen LogP contribution < -0.4 is 9.46 Å². The highest BCUT2D eigenvalue weighted by Crippen LogP contribution is 2.12. The van der Waals surface area contributed by atoms with Crippen LogP contribution in [0.3, 0.4) is 0 Å². The van der Waals surface area contributed by atoms with E-state index >= 15 is 0 Å². The number of hydrogen-bond donors (Lipinski definition) is 1. The number of rotatable bonds is 8. The summed E-state index contributed by atoms with van der Waals surface area (Å²) in [6.45, 7) is 6.35. The zero-order valence-corrected chi connectivity index (χ0v) is 17.0. The summed E-state index contributed by atoms with van der Waals surface area (Å²) in [5.41, 5.74) is 2.93. The van der Waals surface area contributed by atoms with Gasteiger partial charge in [0.25, 0.3) is 0 Å². The van der Waals surface area contributed by atoms with Crippen LogP contribution in [0.25, 0.3) is 0 Å². The van der Waals surface area contributed by atoms with Crippen LogP contribution in [0.1, 0.15) is 43.9 Å². The number of ether oxygens (including phenoxy) is 1. The number of sulfonamides is 1. The van der Waals surface area contributed by atoms with Crippen LogP contribution >= 0.6 is 0 Å². The summed E-state index contributed by atoms with van der Waals surface area (Å²) in [5.74, 6) is 7.29. The van der Waals surface area contributed by atoms with E-state index < -0.39 is 10.0 Å². The first-order chi connectivity index (χ1) is 12.9. The first-order valence-corrected chi connectivity index (χ1v) is 10.9. The molecular formula is C22H27NO3S. The van der Waals surface area contributed by atoms with Crippen molar-refractivity contribution in [3.05, 3.63) is 65.2 Å². The molecule has 0 amide bonds. The molecule has 1 atom stereocenters. The zero-order chi connectivity index (χ0) is 19.7. The van der Waals surface area contributed by atoms with E-state index in [1.54, 1.807) is 0 Å². The average Bonchev–Trinajstić information content (AvgIpc) is 2.62. The maximum absolute atomic E-state index is 11.8. The third-order valence-electron chi connectivity index (χ3n) is 3.87. The molecular weight excluding hydrogens is 358 g/mol. The Kier molecular flexibility index (Phi) is 7.90. The molecule has 144 valence electrons. The third-order valence-corrected chi connectivity index (χ3v) is 5.57. The Labute approximate surface area is 163 Å². The highest BCUT2D eigenvalue weighted by molar-refractivity contribution is 7.89. The number of hydrogen-bond acceptors (Lipinski definition) is 3. The van der Waals surface area contributed by atoms with Gasteiger partial charge in [0.2, 0.25) is 10.0 Å². The van der Waals surface area contributed by atoms with Gasteiger partial charge < -0.3 is 4.74 Å². The van der Waals surface area contributed by atoms with Crippen molar-refractivity contribution in [3.63, 3.8) is 0 Å². The third kappa shape index (κ3) is 7.46. The second-order valence-corrected chi connectivity index (χ2v) is 8.32. The Balaban J connectivity index is 1.95. The van der Waals surface area contributed by atoms with Crippen molar-refractivity contribution in [2.75, 3.05) is 12.4 Å². The molecule has 0 aliphatic heterocycles. The molecule has 0 aliphatic rings. The van der Waals surface area contributed by atoms with E-state index in [-0.39, 0.29) is 11.8 Å². The van der Waals surface area contributed by atoms with Crippen LogP contribution in [0.15, 0.2) is 48.5 Å². The summed E-state index contributed by atoms with van der Waals surface area (Å²) < 4.78 is 31.8. The molecule has 27 heavy (non-hydrogen) atoms. The van der Waals surface area contributed by atoms with Crippen molar-refractivity contribution >= 4 is 10.0 Å². The molecule has 1 unspecified atom stereocenters. The largest absolute Gasteiger partial charge is 0.494 e. The molecule has 4 nitrogen and oxygen atoms in total. The van der Waals surface area contributed by atoms with Gasteiger partial charge in [0.15, 0.2) is 0 Å². The normalized spacial score (nSPS) is 12.1. The fraction of sp³-hybridized carbons (Fsp3) is 0.364. The quantitative estimate of drug-likeness (QED) is 0.704. The van der Waals surface area contributed by atoms with Crippen LogP contribution in [0.5, 0.6) is 5.75 Å². The summed E-state index contributed by atoms with van der Waals surface area (Å²) in [6.07, 6.45) is 1.26. The SMILES string of the molecule is CCCS(=O)(=O)NC(C)Cc1ccc(C#Cc2ccc(OCC)cc2)cc1. The fourth-order valence-corrected chi connectivity index (χ4v) is 4.05. The Morgan fingerprint density at radius 3 is 2.04 bits per heavy atom. The monoisotopic (exact) mass is 385 g/mol. The van der Waals surface area contributed by atoms with Gasteiger partial charge in [-0.2, -0.15) is 0 Å². The first kappa shape index (κ1) is 21.0. The van der Waals surface area contributed by atoms with Crippen molar-refractivity contribution < 1.29 is 13.2 Å². The van der Waals surface area contributed by atoms with Crippen LogP contribution in [-0.4, -0.2) is 26.8 Å².